The fraction of sp³-hybridized carbons (Fsp3) is 0.222. The van der Waals surface area contributed by atoms with Gasteiger partial charge in [0.25, 0.3) is 0 Å². The molecule has 0 fully saturated rings. The van der Waals surface area contributed by atoms with E-state index in [-0.39, 0.29) is 18.2 Å². The first-order chi connectivity index (χ1) is 11.0. The van der Waals surface area contributed by atoms with Gasteiger partial charge in [-0.2, -0.15) is 0 Å². The van der Waals surface area contributed by atoms with Crippen LogP contribution in [0.5, 0.6) is 0 Å². The van der Waals surface area contributed by atoms with E-state index in [2.05, 4.69) is 0 Å². The van der Waals surface area contributed by atoms with E-state index in [1.165, 1.54) is 4.90 Å². The van der Waals surface area contributed by atoms with Crippen molar-refractivity contribution in [3.05, 3.63) is 64.7 Å². The molecule has 0 aromatic heterocycles. The standard InChI is InChI=1S/C18H16ClNO3/c1-20-15-8-7-12(19)9-13(15)17(11-5-3-2-4-6-11)14(18(20)23)10-16(21)22/h2-9,14,17H,10H2,1H3,(H,21,22). The lowest BCUT2D eigenvalue weighted by molar-refractivity contribution is -0.141. The molecule has 2 unspecified atom stereocenters. The van der Waals surface area contributed by atoms with Gasteiger partial charge >= 0.3 is 5.97 Å². The van der Waals surface area contributed by atoms with Crippen molar-refractivity contribution in [2.75, 3.05) is 11.9 Å². The smallest absolute Gasteiger partial charge is 0.304 e. The van der Waals surface area contributed by atoms with Gasteiger partial charge in [-0.15, -0.1) is 0 Å². The molecule has 0 saturated heterocycles. The molecule has 2 aromatic carbocycles. The first-order valence-electron chi connectivity index (χ1n) is 7.33. The summed E-state index contributed by atoms with van der Waals surface area (Å²) in [6, 6.07) is 14.9. The van der Waals surface area contributed by atoms with E-state index in [0.29, 0.717) is 5.02 Å². The van der Waals surface area contributed by atoms with Crippen LogP contribution in [0.4, 0.5) is 5.69 Å². The molecule has 1 aliphatic rings. The fourth-order valence-corrected chi connectivity index (χ4v) is 3.45. The lowest BCUT2D eigenvalue weighted by Crippen LogP contribution is -2.42. The van der Waals surface area contributed by atoms with Crippen LogP contribution in [0.25, 0.3) is 0 Å². The largest absolute Gasteiger partial charge is 0.481 e. The number of anilines is 1. The zero-order chi connectivity index (χ0) is 16.6. The molecule has 0 radical (unpaired) electrons. The second-order valence-electron chi connectivity index (χ2n) is 5.69. The number of carboxylic acid groups (broad SMARTS) is 1. The van der Waals surface area contributed by atoms with Gasteiger partial charge in [0.05, 0.1) is 12.3 Å². The maximum Gasteiger partial charge on any atom is 0.304 e. The maximum atomic E-state index is 12.7. The van der Waals surface area contributed by atoms with Gasteiger partial charge in [0.1, 0.15) is 0 Å². The molecule has 118 valence electrons. The minimum Gasteiger partial charge on any atom is -0.481 e. The van der Waals surface area contributed by atoms with Gasteiger partial charge in [0, 0.05) is 23.7 Å². The molecule has 2 aromatic rings. The highest BCUT2D eigenvalue weighted by atomic mass is 35.5. The van der Waals surface area contributed by atoms with Gasteiger partial charge in [-0.25, -0.2) is 0 Å². The molecular weight excluding hydrogens is 314 g/mol. The molecule has 1 aliphatic heterocycles. The molecule has 1 heterocycles. The first-order valence-corrected chi connectivity index (χ1v) is 7.70. The third-order valence-electron chi connectivity index (χ3n) is 4.29. The Bertz CT molecular complexity index is 760. The summed E-state index contributed by atoms with van der Waals surface area (Å²) in [7, 11) is 1.67. The van der Waals surface area contributed by atoms with Crippen molar-refractivity contribution < 1.29 is 14.7 Å². The fourth-order valence-electron chi connectivity index (χ4n) is 3.27. The Morgan fingerprint density at radius 3 is 2.57 bits per heavy atom. The number of hydrogen-bond donors (Lipinski definition) is 1. The highest BCUT2D eigenvalue weighted by molar-refractivity contribution is 6.30. The van der Waals surface area contributed by atoms with E-state index >= 15 is 0 Å². The highest BCUT2D eigenvalue weighted by Crippen LogP contribution is 2.44. The van der Waals surface area contributed by atoms with Crippen LogP contribution >= 0.6 is 11.6 Å². The summed E-state index contributed by atoms with van der Waals surface area (Å²) in [5.41, 5.74) is 2.58. The number of aliphatic carboxylic acids is 1. The van der Waals surface area contributed by atoms with Crippen molar-refractivity contribution in [2.45, 2.75) is 12.3 Å². The number of carbonyl (C=O) groups is 2. The summed E-state index contributed by atoms with van der Waals surface area (Å²) in [5, 5.41) is 9.81. The Labute approximate surface area is 139 Å². The summed E-state index contributed by atoms with van der Waals surface area (Å²) in [6.45, 7) is 0. The number of carboxylic acids is 1. The number of carbonyl (C=O) groups excluding carboxylic acids is 1. The Kier molecular flexibility index (Phi) is 4.09. The predicted molar refractivity (Wildman–Crippen MR) is 88.9 cm³/mol. The second kappa shape index (κ2) is 6.05. The number of benzene rings is 2. The zero-order valence-electron chi connectivity index (χ0n) is 12.6. The lowest BCUT2D eigenvalue weighted by atomic mass is 9.75. The molecule has 23 heavy (non-hydrogen) atoms. The summed E-state index contributed by atoms with van der Waals surface area (Å²) in [4.78, 5) is 25.5. The molecule has 0 saturated carbocycles. The first kappa shape index (κ1) is 15.6. The summed E-state index contributed by atoms with van der Waals surface area (Å²) < 4.78 is 0. The van der Waals surface area contributed by atoms with Crippen molar-refractivity contribution in [3.8, 4) is 0 Å². The van der Waals surface area contributed by atoms with Crippen LogP contribution in [0, 0.1) is 5.92 Å². The number of hydrogen-bond acceptors (Lipinski definition) is 2. The molecule has 1 N–H and O–H groups in total. The second-order valence-corrected chi connectivity index (χ2v) is 6.13. The molecule has 0 spiro atoms. The Hall–Kier alpha value is -2.33. The number of halogens is 1. The zero-order valence-corrected chi connectivity index (χ0v) is 13.3. The Morgan fingerprint density at radius 1 is 1.22 bits per heavy atom. The van der Waals surface area contributed by atoms with Gasteiger partial charge in [-0.1, -0.05) is 41.9 Å². The van der Waals surface area contributed by atoms with Gasteiger partial charge < -0.3 is 10.0 Å². The molecule has 0 bridgehead atoms. The van der Waals surface area contributed by atoms with Crippen LogP contribution in [0.1, 0.15) is 23.5 Å². The van der Waals surface area contributed by atoms with Crippen molar-refractivity contribution in [1.82, 2.24) is 0 Å². The van der Waals surface area contributed by atoms with Crippen LogP contribution in [-0.4, -0.2) is 24.0 Å². The van der Waals surface area contributed by atoms with Gasteiger partial charge in [0.15, 0.2) is 0 Å². The van der Waals surface area contributed by atoms with E-state index in [0.717, 1.165) is 16.8 Å². The minimum atomic E-state index is -0.983. The normalized spacial score (nSPS) is 20.3. The van der Waals surface area contributed by atoms with Crippen molar-refractivity contribution in [1.29, 1.82) is 0 Å². The summed E-state index contributed by atoms with van der Waals surface area (Å²) in [5.74, 6) is -2.13. The average molecular weight is 330 g/mol. The van der Waals surface area contributed by atoms with E-state index in [4.69, 9.17) is 11.6 Å². The third kappa shape index (κ3) is 2.82. The molecular formula is C18H16ClNO3. The SMILES string of the molecule is CN1C(=O)C(CC(=O)O)C(c2ccccc2)c2cc(Cl)ccc21. The monoisotopic (exact) mass is 329 g/mol. The van der Waals surface area contributed by atoms with Gasteiger partial charge in [-0.3, -0.25) is 9.59 Å². The van der Waals surface area contributed by atoms with Crippen LogP contribution < -0.4 is 4.90 Å². The molecule has 5 heteroatoms. The maximum absolute atomic E-state index is 12.7. The van der Waals surface area contributed by atoms with Gasteiger partial charge in [0.2, 0.25) is 5.91 Å². The predicted octanol–water partition coefficient (Wildman–Crippen LogP) is 3.54. The third-order valence-corrected chi connectivity index (χ3v) is 4.52. The van der Waals surface area contributed by atoms with Crippen molar-refractivity contribution >= 4 is 29.2 Å². The minimum absolute atomic E-state index is 0.184. The number of rotatable bonds is 3. The lowest BCUT2D eigenvalue weighted by Gasteiger charge is -2.37. The van der Waals surface area contributed by atoms with Crippen LogP contribution in [0.2, 0.25) is 5.02 Å². The number of fused-ring (bicyclic) bond motifs is 1. The quantitative estimate of drug-likeness (QED) is 0.937. The average Bonchev–Trinajstić information content (AvgIpc) is 2.53. The van der Waals surface area contributed by atoms with E-state index in [9.17, 15) is 14.7 Å². The van der Waals surface area contributed by atoms with Crippen LogP contribution in [0.15, 0.2) is 48.5 Å². The Morgan fingerprint density at radius 2 is 1.91 bits per heavy atom. The molecule has 3 rings (SSSR count). The molecule has 4 nitrogen and oxygen atoms in total. The Balaban J connectivity index is 2.21. The van der Waals surface area contributed by atoms with Crippen molar-refractivity contribution in [3.63, 3.8) is 0 Å². The molecule has 1 amide bonds. The number of nitrogens with zero attached hydrogens (tertiary/aromatic N) is 1. The number of amides is 1. The summed E-state index contributed by atoms with van der Waals surface area (Å²) >= 11 is 6.15. The van der Waals surface area contributed by atoms with E-state index < -0.39 is 11.9 Å². The summed E-state index contributed by atoms with van der Waals surface area (Å²) in [6.07, 6.45) is -0.214. The van der Waals surface area contributed by atoms with E-state index in [1.54, 1.807) is 13.1 Å². The van der Waals surface area contributed by atoms with Crippen molar-refractivity contribution in [2.24, 2.45) is 5.92 Å². The van der Waals surface area contributed by atoms with E-state index in [1.807, 2.05) is 42.5 Å². The topological polar surface area (TPSA) is 57.6 Å². The van der Waals surface area contributed by atoms with Crippen LogP contribution in [-0.2, 0) is 9.59 Å². The highest BCUT2D eigenvalue weighted by Gasteiger charge is 2.40. The van der Waals surface area contributed by atoms with Gasteiger partial charge in [-0.05, 0) is 29.3 Å². The molecule has 0 aliphatic carbocycles. The van der Waals surface area contributed by atoms with Crippen LogP contribution in [0.3, 0.4) is 0 Å². The molecule has 2 atom stereocenters.